The molecular weight excluding hydrogens is 318 g/mol. The number of nitriles is 2. The highest BCUT2D eigenvalue weighted by molar-refractivity contribution is 6.32. The second-order valence-corrected chi connectivity index (χ2v) is 4.99. The molecule has 0 unspecified atom stereocenters. The summed E-state index contributed by atoms with van der Waals surface area (Å²) in [5.41, 5.74) is 0.494. The van der Waals surface area contributed by atoms with Gasteiger partial charge < -0.3 is 14.4 Å². The van der Waals surface area contributed by atoms with Crippen molar-refractivity contribution >= 4 is 23.6 Å². The van der Waals surface area contributed by atoms with Crippen molar-refractivity contribution in [3.63, 3.8) is 0 Å². The van der Waals surface area contributed by atoms with E-state index in [0.717, 1.165) is 0 Å². The van der Waals surface area contributed by atoms with Crippen LogP contribution >= 0.6 is 11.6 Å². The first-order chi connectivity index (χ1) is 10.9. The fourth-order valence-corrected chi connectivity index (χ4v) is 2.00. The molecule has 1 amide bonds. The number of carbonyl (C=O) groups is 1. The third-order valence-corrected chi connectivity index (χ3v) is 2.96. The van der Waals surface area contributed by atoms with E-state index in [1.54, 1.807) is 27.1 Å². The highest BCUT2D eigenvalue weighted by Crippen LogP contribution is 2.37. The van der Waals surface area contributed by atoms with Crippen LogP contribution in [0.5, 0.6) is 11.5 Å². The summed E-state index contributed by atoms with van der Waals surface area (Å²) in [6.07, 6.45) is 1.42. The summed E-state index contributed by atoms with van der Waals surface area (Å²) in [4.78, 5) is 13.2. The molecular formula is C16H16ClN3O3. The van der Waals surface area contributed by atoms with E-state index in [1.165, 1.54) is 17.0 Å². The Morgan fingerprint density at radius 2 is 2.04 bits per heavy atom. The number of amides is 1. The van der Waals surface area contributed by atoms with E-state index in [9.17, 15) is 4.79 Å². The van der Waals surface area contributed by atoms with Gasteiger partial charge in [0.2, 0.25) is 0 Å². The summed E-state index contributed by atoms with van der Waals surface area (Å²) in [5, 5.41) is 18.0. The lowest BCUT2D eigenvalue weighted by molar-refractivity contribution is -0.124. The Labute approximate surface area is 140 Å². The molecule has 6 nitrogen and oxygen atoms in total. The van der Waals surface area contributed by atoms with E-state index >= 15 is 0 Å². The van der Waals surface area contributed by atoms with Gasteiger partial charge in [-0.05, 0) is 30.7 Å². The van der Waals surface area contributed by atoms with Crippen LogP contribution in [0.4, 0.5) is 0 Å². The number of benzene rings is 1. The van der Waals surface area contributed by atoms with Crippen LogP contribution < -0.4 is 9.47 Å². The second-order valence-electron chi connectivity index (χ2n) is 4.58. The fraction of sp³-hybridized carbons (Fsp3) is 0.312. The van der Waals surface area contributed by atoms with Gasteiger partial charge in [0, 0.05) is 14.1 Å². The summed E-state index contributed by atoms with van der Waals surface area (Å²) >= 11 is 6.15. The van der Waals surface area contributed by atoms with Gasteiger partial charge in [-0.15, -0.1) is 0 Å². The molecule has 0 radical (unpaired) electrons. The lowest BCUT2D eigenvalue weighted by Crippen LogP contribution is -2.22. The molecule has 0 aromatic heterocycles. The quantitative estimate of drug-likeness (QED) is 0.590. The Kier molecular flexibility index (Phi) is 6.92. The SMILES string of the molecule is CCOc1cc(/C=C(/C#N)C(=O)N(C)C)cc(Cl)c1OCC#N. The number of ether oxygens (including phenoxy) is 2. The molecule has 0 bridgehead atoms. The number of rotatable bonds is 6. The van der Waals surface area contributed by atoms with Crippen molar-refractivity contribution in [2.24, 2.45) is 0 Å². The minimum Gasteiger partial charge on any atom is -0.490 e. The molecule has 23 heavy (non-hydrogen) atoms. The monoisotopic (exact) mass is 333 g/mol. The molecule has 0 atom stereocenters. The predicted octanol–water partition coefficient (Wildman–Crippen LogP) is 2.64. The smallest absolute Gasteiger partial charge is 0.264 e. The van der Waals surface area contributed by atoms with Crippen molar-refractivity contribution < 1.29 is 14.3 Å². The summed E-state index contributed by atoms with van der Waals surface area (Å²) in [6.45, 7) is 1.99. The third-order valence-electron chi connectivity index (χ3n) is 2.68. The summed E-state index contributed by atoms with van der Waals surface area (Å²) in [6, 6.07) is 6.86. The summed E-state index contributed by atoms with van der Waals surface area (Å²) < 4.78 is 10.7. The molecule has 0 aliphatic rings. The third kappa shape index (κ3) is 4.91. The van der Waals surface area contributed by atoms with Crippen LogP contribution in [-0.4, -0.2) is 38.1 Å². The molecule has 1 aromatic carbocycles. The van der Waals surface area contributed by atoms with Gasteiger partial charge in [0.15, 0.2) is 18.1 Å². The lowest BCUT2D eigenvalue weighted by Gasteiger charge is -2.13. The number of carbonyl (C=O) groups excluding carboxylic acids is 1. The van der Waals surface area contributed by atoms with E-state index in [-0.39, 0.29) is 23.0 Å². The number of nitrogens with zero attached hydrogens (tertiary/aromatic N) is 3. The van der Waals surface area contributed by atoms with E-state index in [1.807, 2.05) is 12.1 Å². The van der Waals surface area contributed by atoms with Crippen LogP contribution in [0.25, 0.3) is 6.08 Å². The normalized spacial score (nSPS) is 10.4. The van der Waals surface area contributed by atoms with Crippen LogP contribution in [0.2, 0.25) is 5.02 Å². The number of halogens is 1. The van der Waals surface area contributed by atoms with Crippen molar-refractivity contribution in [1.82, 2.24) is 4.90 Å². The Bertz CT molecular complexity index is 700. The van der Waals surface area contributed by atoms with Crippen LogP contribution in [0.3, 0.4) is 0 Å². The maximum Gasteiger partial charge on any atom is 0.264 e. The first kappa shape index (κ1) is 18.3. The Morgan fingerprint density at radius 3 is 2.57 bits per heavy atom. The molecule has 0 saturated carbocycles. The molecule has 120 valence electrons. The average molecular weight is 334 g/mol. The molecule has 1 rings (SSSR count). The van der Waals surface area contributed by atoms with Crippen molar-refractivity contribution in [1.29, 1.82) is 10.5 Å². The van der Waals surface area contributed by atoms with Crippen LogP contribution in [-0.2, 0) is 4.79 Å². The zero-order valence-electron chi connectivity index (χ0n) is 13.1. The zero-order valence-corrected chi connectivity index (χ0v) is 13.8. The molecule has 7 heteroatoms. The highest BCUT2D eigenvalue weighted by Gasteiger charge is 2.15. The van der Waals surface area contributed by atoms with Gasteiger partial charge >= 0.3 is 0 Å². The van der Waals surface area contributed by atoms with Crippen LogP contribution in [0, 0.1) is 22.7 Å². The number of likely N-dealkylation sites (N-methyl/N-ethyl adjacent to an activating group) is 1. The van der Waals surface area contributed by atoms with E-state index in [2.05, 4.69) is 0 Å². The van der Waals surface area contributed by atoms with Gasteiger partial charge in [0.25, 0.3) is 5.91 Å². The standard InChI is InChI=1S/C16H16ClN3O3/c1-4-22-14-9-11(7-12(10-19)16(21)20(2)3)8-13(17)15(14)23-6-5-18/h7-9H,4,6H2,1-3H3/b12-7-. The van der Waals surface area contributed by atoms with Crippen molar-refractivity contribution in [2.75, 3.05) is 27.3 Å². The van der Waals surface area contributed by atoms with E-state index in [4.69, 9.17) is 31.6 Å². The number of hydrogen-bond acceptors (Lipinski definition) is 5. The van der Waals surface area contributed by atoms with Gasteiger partial charge in [-0.25, -0.2) is 0 Å². The first-order valence-corrected chi connectivity index (χ1v) is 7.11. The molecule has 0 spiro atoms. The highest BCUT2D eigenvalue weighted by atomic mass is 35.5. The van der Waals surface area contributed by atoms with Gasteiger partial charge in [-0.1, -0.05) is 11.6 Å². The molecule has 0 fully saturated rings. The zero-order chi connectivity index (χ0) is 17.4. The molecule has 0 saturated heterocycles. The van der Waals surface area contributed by atoms with Crippen molar-refractivity contribution in [2.45, 2.75) is 6.92 Å². The Morgan fingerprint density at radius 1 is 1.35 bits per heavy atom. The summed E-state index contributed by atoms with van der Waals surface area (Å²) in [7, 11) is 3.12. The van der Waals surface area contributed by atoms with Crippen LogP contribution in [0.1, 0.15) is 12.5 Å². The van der Waals surface area contributed by atoms with Gasteiger partial charge in [-0.3, -0.25) is 4.79 Å². The van der Waals surface area contributed by atoms with E-state index < -0.39 is 5.91 Å². The molecule has 1 aromatic rings. The fourth-order valence-electron chi connectivity index (χ4n) is 1.73. The maximum absolute atomic E-state index is 11.9. The lowest BCUT2D eigenvalue weighted by atomic mass is 10.1. The first-order valence-electron chi connectivity index (χ1n) is 6.74. The largest absolute Gasteiger partial charge is 0.490 e. The van der Waals surface area contributed by atoms with Crippen molar-refractivity contribution in [3.8, 4) is 23.6 Å². The second kappa shape index (κ2) is 8.67. The van der Waals surface area contributed by atoms with Crippen LogP contribution in [0.15, 0.2) is 17.7 Å². The minimum atomic E-state index is -0.411. The minimum absolute atomic E-state index is 0.0285. The van der Waals surface area contributed by atoms with Gasteiger partial charge in [-0.2, -0.15) is 10.5 Å². The Balaban J connectivity index is 3.31. The number of hydrogen-bond donors (Lipinski definition) is 0. The Hall–Kier alpha value is -2.70. The van der Waals surface area contributed by atoms with E-state index in [0.29, 0.717) is 17.9 Å². The average Bonchev–Trinajstić information content (AvgIpc) is 2.51. The summed E-state index contributed by atoms with van der Waals surface area (Å²) in [5.74, 6) is 0.187. The van der Waals surface area contributed by atoms with Gasteiger partial charge in [0.1, 0.15) is 17.7 Å². The molecule has 0 heterocycles. The predicted molar refractivity (Wildman–Crippen MR) is 86.0 cm³/mol. The van der Waals surface area contributed by atoms with Crippen molar-refractivity contribution in [3.05, 3.63) is 28.3 Å². The molecule has 0 N–H and O–H groups in total. The molecule has 0 aliphatic heterocycles. The topological polar surface area (TPSA) is 86.3 Å². The van der Waals surface area contributed by atoms with Gasteiger partial charge in [0.05, 0.1) is 11.6 Å². The molecule has 0 aliphatic carbocycles. The maximum atomic E-state index is 11.9.